The van der Waals surface area contributed by atoms with E-state index in [1.807, 2.05) is 26.0 Å². The van der Waals surface area contributed by atoms with Gasteiger partial charge in [0.1, 0.15) is 16.1 Å². The van der Waals surface area contributed by atoms with Crippen LogP contribution < -0.4 is 10.1 Å². The van der Waals surface area contributed by atoms with E-state index in [-0.39, 0.29) is 24.8 Å². The first-order chi connectivity index (χ1) is 13.7. The smallest absolute Gasteiger partial charge is 0.326 e. The fourth-order valence-electron chi connectivity index (χ4n) is 2.72. The zero-order valence-electron chi connectivity index (χ0n) is 16.5. The molecule has 1 aliphatic heterocycles. The van der Waals surface area contributed by atoms with Crippen molar-refractivity contribution < 1.29 is 24.2 Å². The summed E-state index contributed by atoms with van der Waals surface area (Å²) in [4.78, 5) is 37.9. The topological polar surface area (TPSA) is 95.9 Å². The van der Waals surface area contributed by atoms with Gasteiger partial charge < -0.3 is 15.2 Å². The molecular formula is C20H24N2O5S2. The summed E-state index contributed by atoms with van der Waals surface area (Å²) in [5.74, 6) is -0.907. The number of rotatable bonds is 9. The van der Waals surface area contributed by atoms with Gasteiger partial charge in [-0.1, -0.05) is 50.0 Å². The lowest BCUT2D eigenvalue weighted by molar-refractivity contribution is -0.142. The molecule has 0 bridgehead atoms. The molecule has 1 aromatic rings. The fraction of sp³-hybridized carbons (Fsp3) is 0.400. The molecule has 0 radical (unpaired) electrons. The summed E-state index contributed by atoms with van der Waals surface area (Å²) in [6.45, 7) is 3.87. The van der Waals surface area contributed by atoms with Gasteiger partial charge in [-0.05, 0) is 36.1 Å². The van der Waals surface area contributed by atoms with E-state index in [2.05, 4.69) is 5.32 Å². The van der Waals surface area contributed by atoms with E-state index in [1.54, 1.807) is 25.3 Å². The summed E-state index contributed by atoms with van der Waals surface area (Å²) < 4.78 is 5.49. The number of carbonyl (C=O) groups is 3. The molecule has 0 aliphatic carbocycles. The van der Waals surface area contributed by atoms with Crippen molar-refractivity contribution in [2.45, 2.75) is 32.7 Å². The van der Waals surface area contributed by atoms with Gasteiger partial charge in [0.2, 0.25) is 5.91 Å². The molecular weight excluding hydrogens is 412 g/mol. The van der Waals surface area contributed by atoms with E-state index in [1.165, 1.54) is 16.7 Å². The highest BCUT2D eigenvalue weighted by Crippen LogP contribution is 2.32. The van der Waals surface area contributed by atoms with E-state index >= 15 is 0 Å². The highest BCUT2D eigenvalue weighted by Gasteiger charge is 2.32. The molecule has 1 heterocycles. The number of ether oxygens (including phenoxy) is 1. The molecule has 29 heavy (non-hydrogen) atoms. The van der Waals surface area contributed by atoms with Crippen molar-refractivity contribution in [1.29, 1.82) is 0 Å². The summed E-state index contributed by atoms with van der Waals surface area (Å²) in [6.07, 6.45) is 2.05. The van der Waals surface area contributed by atoms with Gasteiger partial charge in [-0.15, -0.1) is 0 Å². The van der Waals surface area contributed by atoms with Crippen LogP contribution in [0.5, 0.6) is 5.75 Å². The maximum atomic E-state index is 12.6. The van der Waals surface area contributed by atoms with Crippen molar-refractivity contribution >= 4 is 52.2 Å². The first-order valence-electron chi connectivity index (χ1n) is 9.12. The Morgan fingerprint density at radius 2 is 1.97 bits per heavy atom. The lowest BCUT2D eigenvalue weighted by Crippen LogP contribution is -2.43. The van der Waals surface area contributed by atoms with Crippen LogP contribution in [0.25, 0.3) is 6.08 Å². The molecule has 7 nitrogen and oxygen atoms in total. The molecule has 2 amide bonds. The summed E-state index contributed by atoms with van der Waals surface area (Å²) in [5, 5.41) is 11.7. The number of nitrogens with one attached hydrogen (secondary N) is 1. The third kappa shape index (κ3) is 6.57. The molecule has 2 rings (SSSR count). The predicted molar refractivity (Wildman–Crippen MR) is 117 cm³/mol. The number of aliphatic carboxylic acids is 1. The Morgan fingerprint density at radius 3 is 2.52 bits per heavy atom. The summed E-state index contributed by atoms with van der Waals surface area (Å²) >= 11 is 6.45. The Morgan fingerprint density at radius 1 is 1.31 bits per heavy atom. The average Bonchev–Trinajstić information content (AvgIpc) is 2.92. The van der Waals surface area contributed by atoms with Gasteiger partial charge in [-0.3, -0.25) is 14.5 Å². The van der Waals surface area contributed by atoms with Crippen LogP contribution in [0.3, 0.4) is 0 Å². The van der Waals surface area contributed by atoms with Crippen molar-refractivity contribution in [2.75, 3.05) is 13.7 Å². The number of amides is 2. The van der Waals surface area contributed by atoms with Crippen LogP contribution in [0.1, 0.15) is 32.3 Å². The number of thioether (sulfide) groups is 1. The predicted octanol–water partition coefficient (Wildman–Crippen LogP) is 2.90. The highest BCUT2D eigenvalue weighted by molar-refractivity contribution is 8.26. The highest BCUT2D eigenvalue weighted by atomic mass is 32.2. The molecule has 1 unspecified atom stereocenters. The molecule has 1 saturated heterocycles. The van der Waals surface area contributed by atoms with Gasteiger partial charge in [0.25, 0.3) is 5.91 Å². The van der Waals surface area contributed by atoms with Crippen molar-refractivity contribution in [3.05, 3.63) is 34.7 Å². The van der Waals surface area contributed by atoms with Crippen molar-refractivity contribution in [2.24, 2.45) is 5.92 Å². The number of benzene rings is 1. The van der Waals surface area contributed by atoms with Crippen LogP contribution in [0.4, 0.5) is 0 Å². The number of carboxylic acids is 1. The Hall–Kier alpha value is -2.39. The number of nitrogens with zero attached hydrogens (tertiary/aromatic N) is 1. The van der Waals surface area contributed by atoms with Gasteiger partial charge in [-0.2, -0.15) is 0 Å². The standard InChI is InChI=1S/C20H24N2O5S2/c1-12(2)10-15(19(25)26)21-17(23)8-9-22-18(24)16(29-20(22)28)11-13-4-6-14(27-3)7-5-13/h4-7,11-12,15H,8-10H2,1-3H3,(H,21,23)(H,25,26)/b16-11+. The molecule has 0 spiro atoms. The van der Waals surface area contributed by atoms with Crippen LogP contribution >= 0.6 is 24.0 Å². The lowest BCUT2D eigenvalue weighted by atomic mass is 10.0. The zero-order valence-corrected chi connectivity index (χ0v) is 18.1. The van der Waals surface area contributed by atoms with Crippen molar-refractivity contribution in [3.8, 4) is 5.75 Å². The largest absolute Gasteiger partial charge is 0.497 e. The fourth-order valence-corrected chi connectivity index (χ4v) is 4.03. The van der Waals surface area contributed by atoms with Gasteiger partial charge >= 0.3 is 5.97 Å². The van der Waals surface area contributed by atoms with Crippen LogP contribution in [0.15, 0.2) is 29.2 Å². The normalized spacial score (nSPS) is 16.4. The third-order valence-electron chi connectivity index (χ3n) is 4.19. The molecule has 156 valence electrons. The van der Waals surface area contributed by atoms with Crippen LogP contribution in [-0.2, 0) is 14.4 Å². The number of carbonyl (C=O) groups excluding carboxylic acids is 2. The minimum Gasteiger partial charge on any atom is -0.497 e. The number of methoxy groups -OCH3 is 1. The second-order valence-corrected chi connectivity index (χ2v) is 8.62. The van der Waals surface area contributed by atoms with Gasteiger partial charge in [-0.25, -0.2) is 4.79 Å². The SMILES string of the molecule is COc1ccc(/C=C2/SC(=S)N(CCC(=O)NC(CC(C)C)C(=O)O)C2=O)cc1. The minimum atomic E-state index is -1.07. The zero-order chi connectivity index (χ0) is 21.6. The third-order valence-corrected chi connectivity index (χ3v) is 5.57. The molecule has 0 aromatic heterocycles. The Bertz CT molecular complexity index is 821. The second kappa shape index (κ2) is 10.4. The number of thiocarbonyl (C=S) groups is 1. The first-order valence-corrected chi connectivity index (χ1v) is 10.3. The van der Waals surface area contributed by atoms with Gasteiger partial charge in [0.15, 0.2) is 0 Å². The summed E-state index contributed by atoms with van der Waals surface area (Å²) in [7, 11) is 1.58. The minimum absolute atomic E-state index is 0.0237. The summed E-state index contributed by atoms with van der Waals surface area (Å²) in [6, 6.07) is 6.32. The van der Waals surface area contributed by atoms with Gasteiger partial charge in [0, 0.05) is 13.0 Å². The maximum absolute atomic E-state index is 12.6. The Labute approximate surface area is 179 Å². The monoisotopic (exact) mass is 436 g/mol. The molecule has 1 fully saturated rings. The average molecular weight is 437 g/mol. The molecule has 1 aromatic carbocycles. The van der Waals surface area contributed by atoms with E-state index < -0.39 is 17.9 Å². The van der Waals surface area contributed by atoms with E-state index in [0.717, 1.165) is 11.3 Å². The number of carboxylic acid groups (broad SMARTS) is 1. The van der Waals surface area contributed by atoms with E-state index in [9.17, 15) is 19.5 Å². The van der Waals surface area contributed by atoms with Crippen LogP contribution in [0, 0.1) is 5.92 Å². The first kappa shape index (κ1) is 22.9. The molecule has 9 heteroatoms. The van der Waals surface area contributed by atoms with Gasteiger partial charge in [0.05, 0.1) is 12.0 Å². The number of hydrogen-bond donors (Lipinski definition) is 2. The number of hydrogen-bond acceptors (Lipinski definition) is 6. The molecule has 1 aliphatic rings. The summed E-state index contributed by atoms with van der Waals surface area (Å²) in [5.41, 5.74) is 0.835. The van der Waals surface area contributed by atoms with Crippen LogP contribution in [-0.4, -0.2) is 51.8 Å². The van der Waals surface area contributed by atoms with Crippen LogP contribution in [0.2, 0.25) is 0 Å². The van der Waals surface area contributed by atoms with Crippen molar-refractivity contribution in [1.82, 2.24) is 10.2 Å². The lowest BCUT2D eigenvalue weighted by Gasteiger charge is -2.18. The van der Waals surface area contributed by atoms with E-state index in [4.69, 9.17) is 17.0 Å². The molecule has 0 saturated carbocycles. The van der Waals surface area contributed by atoms with Crippen molar-refractivity contribution in [3.63, 3.8) is 0 Å². The Balaban J connectivity index is 1.96. The maximum Gasteiger partial charge on any atom is 0.326 e. The molecule has 1 atom stereocenters. The quantitative estimate of drug-likeness (QED) is 0.454. The Kier molecular flexibility index (Phi) is 8.21. The molecule has 2 N–H and O–H groups in total. The second-order valence-electron chi connectivity index (χ2n) is 6.94. The van der Waals surface area contributed by atoms with E-state index in [0.29, 0.717) is 15.6 Å².